The van der Waals surface area contributed by atoms with Crippen LogP contribution in [-0.4, -0.2) is 23.9 Å². The molecule has 1 amide bonds. The minimum Gasteiger partial charge on any atom is -0.341 e. The van der Waals surface area contributed by atoms with Crippen LogP contribution in [0, 0.1) is 24.2 Å². The number of carbonyl (C=O) groups excluding carboxylic acids is 1. The van der Waals surface area contributed by atoms with Crippen molar-refractivity contribution in [3.05, 3.63) is 0 Å². The van der Waals surface area contributed by atoms with Crippen LogP contribution in [0.5, 0.6) is 0 Å². The molecule has 0 bridgehead atoms. The molecule has 1 unspecified atom stereocenters. The molecule has 66 valence electrons. The van der Waals surface area contributed by atoms with E-state index in [4.69, 9.17) is 6.42 Å². The molecule has 0 radical (unpaired) electrons. The Labute approximate surface area is 73.9 Å². The lowest BCUT2D eigenvalue weighted by Gasteiger charge is -2.17. The van der Waals surface area contributed by atoms with Crippen molar-refractivity contribution < 1.29 is 4.79 Å². The van der Waals surface area contributed by atoms with Crippen molar-refractivity contribution >= 4 is 5.91 Å². The van der Waals surface area contributed by atoms with Crippen LogP contribution in [0.1, 0.15) is 20.3 Å². The average Bonchev–Trinajstić information content (AvgIpc) is 2.31. The van der Waals surface area contributed by atoms with Gasteiger partial charge in [-0.1, -0.05) is 13.8 Å². The molecular weight excluding hydrogens is 150 g/mol. The van der Waals surface area contributed by atoms with E-state index >= 15 is 0 Å². The molecule has 12 heavy (non-hydrogen) atoms. The van der Waals surface area contributed by atoms with Crippen molar-refractivity contribution in [3.63, 3.8) is 0 Å². The maximum Gasteiger partial charge on any atom is 0.223 e. The van der Waals surface area contributed by atoms with Crippen LogP contribution in [0.2, 0.25) is 0 Å². The van der Waals surface area contributed by atoms with Gasteiger partial charge in [0, 0.05) is 25.4 Å². The van der Waals surface area contributed by atoms with Crippen molar-refractivity contribution in [2.45, 2.75) is 20.3 Å². The van der Waals surface area contributed by atoms with Crippen molar-refractivity contribution in [1.29, 1.82) is 0 Å². The van der Waals surface area contributed by atoms with Crippen LogP contribution < -0.4 is 0 Å². The number of hydrogen-bond acceptors (Lipinski definition) is 1. The topological polar surface area (TPSA) is 20.3 Å². The van der Waals surface area contributed by atoms with Crippen LogP contribution in [0.3, 0.4) is 0 Å². The number of likely N-dealkylation sites (tertiary alicyclic amines) is 1. The molecule has 1 rings (SSSR count). The lowest BCUT2D eigenvalue weighted by Crippen LogP contribution is -2.29. The Morgan fingerprint density at radius 2 is 2.42 bits per heavy atom. The fourth-order valence-electron chi connectivity index (χ4n) is 1.50. The molecule has 0 spiro atoms. The molecule has 0 aromatic carbocycles. The van der Waals surface area contributed by atoms with E-state index in [0.717, 1.165) is 13.1 Å². The molecule has 0 saturated carbocycles. The third-order valence-corrected chi connectivity index (χ3v) is 2.04. The number of carbonyl (C=O) groups is 1. The van der Waals surface area contributed by atoms with Gasteiger partial charge in [-0.25, -0.2) is 0 Å². The van der Waals surface area contributed by atoms with Crippen molar-refractivity contribution in [3.8, 4) is 12.3 Å². The van der Waals surface area contributed by atoms with E-state index in [0.29, 0.717) is 12.3 Å². The number of terminal acetylenes is 1. The number of nitrogens with zero attached hydrogens (tertiary/aromatic N) is 1. The first kappa shape index (κ1) is 9.12. The minimum atomic E-state index is 0.149. The second-order valence-electron chi connectivity index (χ2n) is 3.76. The normalized spacial score (nSPS) is 23.3. The Morgan fingerprint density at radius 1 is 1.75 bits per heavy atom. The molecule has 1 aliphatic heterocycles. The zero-order valence-electron chi connectivity index (χ0n) is 7.71. The van der Waals surface area contributed by atoms with Crippen molar-refractivity contribution in [2.75, 3.05) is 13.1 Å². The van der Waals surface area contributed by atoms with Gasteiger partial charge in [0.2, 0.25) is 5.91 Å². The number of hydrogen-bond donors (Lipinski definition) is 0. The molecule has 0 aliphatic carbocycles. The summed E-state index contributed by atoms with van der Waals surface area (Å²) in [6, 6.07) is 0. The van der Waals surface area contributed by atoms with Crippen LogP contribution in [0.15, 0.2) is 0 Å². The highest BCUT2D eigenvalue weighted by Crippen LogP contribution is 2.17. The minimum absolute atomic E-state index is 0.149. The van der Waals surface area contributed by atoms with E-state index in [1.807, 2.05) is 4.90 Å². The van der Waals surface area contributed by atoms with Gasteiger partial charge in [-0.05, 0) is 5.92 Å². The van der Waals surface area contributed by atoms with E-state index in [1.54, 1.807) is 0 Å². The number of rotatable bonds is 2. The quantitative estimate of drug-likeness (QED) is 0.561. The molecule has 2 heteroatoms. The smallest absolute Gasteiger partial charge is 0.223 e. The second kappa shape index (κ2) is 3.62. The molecule has 1 fully saturated rings. The van der Waals surface area contributed by atoms with Gasteiger partial charge < -0.3 is 4.90 Å². The Balaban J connectivity index is 2.48. The molecule has 1 aliphatic rings. The summed E-state index contributed by atoms with van der Waals surface area (Å²) in [4.78, 5) is 13.2. The first-order chi connectivity index (χ1) is 5.63. The van der Waals surface area contributed by atoms with E-state index in [-0.39, 0.29) is 11.8 Å². The maximum atomic E-state index is 11.3. The standard InChI is InChI=1S/C10H15NO/c1-4-9-5-10(12)11(7-9)6-8(2)3/h1,8-9H,5-7H2,2-3H3. The summed E-state index contributed by atoms with van der Waals surface area (Å²) in [7, 11) is 0. The van der Waals surface area contributed by atoms with Gasteiger partial charge in [-0.15, -0.1) is 12.3 Å². The molecule has 1 atom stereocenters. The van der Waals surface area contributed by atoms with Crippen LogP contribution in [0.4, 0.5) is 0 Å². The largest absolute Gasteiger partial charge is 0.341 e. The van der Waals surface area contributed by atoms with Gasteiger partial charge in [-0.3, -0.25) is 4.79 Å². The van der Waals surface area contributed by atoms with Crippen molar-refractivity contribution in [1.82, 2.24) is 4.90 Å². The summed E-state index contributed by atoms with van der Waals surface area (Å²) in [6.45, 7) is 5.82. The first-order valence-corrected chi connectivity index (χ1v) is 4.37. The first-order valence-electron chi connectivity index (χ1n) is 4.37. The van der Waals surface area contributed by atoms with E-state index in [9.17, 15) is 4.79 Å². The van der Waals surface area contributed by atoms with Gasteiger partial charge in [0.25, 0.3) is 0 Å². The fourth-order valence-corrected chi connectivity index (χ4v) is 1.50. The van der Waals surface area contributed by atoms with E-state index < -0.39 is 0 Å². The SMILES string of the molecule is C#CC1CC(=O)N(CC(C)C)C1. The molecule has 0 aromatic heterocycles. The Bertz CT molecular complexity index is 214. The van der Waals surface area contributed by atoms with E-state index in [1.165, 1.54) is 0 Å². The summed E-state index contributed by atoms with van der Waals surface area (Å²) in [5.74, 6) is 3.53. The molecule has 0 N–H and O–H groups in total. The molecule has 0 aromatic rings. The molecule has 1 saturated heterocycles. The monoisotopic (exact) mass is 165 g/mol. The van der Waals surface area contributed by atoms with Crippen LogP contribution in [0.25, 0.3) is 0 Å². The zero-order valence-corrected chi connectivity index (χ0v) is 7.71. The summed E-state index contributed by atoms with van der Waals surface area (Å²) in [5.41, 5.74) is 0. The van der Waals surface area contributed by atoms with Crippen LogP contribution in [-0.2, 0) is 4.79 Å². The van der Waals surface area contributed by atoms with Crippen LogP contribution >= 0.6 is 0 Å². The van der Waals surface area contributed by atoms with Gasteiger partial charge in [0.1, 0.15) is 0 Å². The van der Waals surface area contributed by atoms with Gasteiger partial charge in [0.05, 0.1) is 0 Å². The van der Waals surface area contributed by atoms with Gasteiger partial charge >= 0.3 is 0 Å². The highest BCUT2D eigenvalue weighted by atomic mass is 16.2. The maximum absolute atomic E-state index is 11.3. The summed E-state index contributed by atoms with van der Waals surface area (Å²) in [6.07, 6.45) is 5.81. The molecule has 1 heterocycles. The predicted octanol–water partition coefficient (Wildman–Crippen LogP) is 1.12. The highest BCUT2D eigenvalue weighted by molar-refractivity contribution is 5.79. The van der Waals surface area contributed by atoms with Gasteiger partial charge in [0.15, 0.2) is 0 Å². The second-order valence-corrected chi connectivity index (χ2v) is 3.76. The molecule has 2 nitrogen and oxygen atoms in total. The summed E-state index contributed by atoms with van der Waals surface area (Å²) in [5, 5.41) is 0. The number of amides is 1. The summed E-state index contributed by atoms with van der Waals surface area (Å²) < 4.78 is 0. The highest BCUT2D eigenvalue weighted by Gasteiger charge is 2.27. The third kappa shape index (κ3) is 2.01. The predicted molar refractivity (Wildman–Crippen MR) is 48.4 cm³/mol. The van der Waals surface area contributed by atoms with Gasteiger partial charge in [-0.2, -0.15) is 0 Å². The fraction of sp³-hybridized carbons (Fsp3) is 0.700. The molecular formula is C10H15NO. The van der Waals surface area contributed by atoms with Crippen molar-refractivity contribution in [2.24, 2.45) is 11.8 Å². The third-order valence-electron chi connectivity index (χ3n) is 2.04. The lowest BCUT2D eigenvalue weighted by atomic mass is 10.1. The summed E-state index contributed by atoms with van der Waals surface area (Å²) >= 11 is 0. The zero-order chi connectivity index (χ0) is 9.14. The lowest BCUT2D eigenvalue weighted by molar-refractivity contribution is -0.128. The Hall–Kier alpha value is -0.970. The Morgan fingerprint density at radius 3 is 2.83 bits per heavy atom. The Kier molecular flexibility index (Phi) is 2.75. The average molecular weight is 165 g/mol. The van der Waals surface area contributed by atoms with E-state index in [2.05, 4.69) is 19.8 Å².